The van der Waals surface area contributed by atoms with Crippen LogP contribution in [0.2, 0.25) is 0 Å². The molecule has 3 N–H and O–H groups in total. The van der Waals surface area contributed by atoms with Gasteiger partial charge in [0, 0.05) is 38.2 Å². The fourth-order valence-electron chi connectivity index (χ4n) is 6.15. The summed E-state index contributed by atoms with van der Waals surface area (Å²) in [7, 11) is 0. The average molecular weight is 515 g/mol. The molecule has 2 aromatic heterocycles. The van der Waals surface area contributed by atoms with E-state index in [9.17, 15) is 0 Å². The lowest BCUT2D eigenvalue weighted by atomic mass is 10.1. The van der Waals surface area contributed by atoms with E-state index in [4.69, 9.17) is 15.0 Å². The van der Waals surface area contributed by atoms with E-state index < -0.39 is 0 Å². The number of benzene rings is 4. The summed E-state index contributed by atoms with van der Waals surface area (Å²) in [6.07, 6.45) is 4.28. The minimum Gasteiger partial charge on any atom is -0.361 e. The zero-order valence-corrected chi connectivity index (χ0v) is 21.3. The number of nitrogens with one attached hydrogen (secondary N) is 3. The van der Waals surface area contributed by atoms with Crippen molar-refractivity contribution in [3.63, 3.8) is 0 Å². The second kappa shape index (κ2) is 8.01. The first-order valence-corrected chi connectivity index (χ1v) is 13.4. The Balaban J connectivity index is 1.39. The fourth-order valence-corrected chi connectivity index (χ4v) is 6.15. The van der Waals surface area contributed by atoms with Crippen molar-refractivity contribution in [2.24, 2.45) is 15.0 Å². The summed E-state index contributed by atoms with van der Waals surface area (Å²) in [4.78, 5) is 22.7. The van der Waals surface area contributed by atoms with Gasteiger partial charge in [0.1, 0.15) is 22.6 Å². The van der Waals surface area contributed by atoms with Crippen molar-refractivity contribution >= 4 is 50.3 Å². The van der Waals surface area contributed by atoms with Gasteiger partial charge < -0.3 is 15.3 Å². The van der Waals surface area contributed by atoms with Crippen molar-refractivity contribution in [3.8, 4) is 0 Å². The molecule has 0 amide bonds. The number of anilines is 1. The van der Waals surface area contributed by atoms with E-state index in [0.29, 0.717) is 0 Å². The standard InChI is InChI=1S/C34H22N6/c1-2-10-20-19(9-1)27-17-28(20)36-32-25-15-7-8-16-26(25)34(40-32)38-30-18-29(21-11-3-4-12-22(21)30)37-33-24-14-6-5-13-23(24)31(35-27)39-33/h1-18,27,35,39H,(H,36,38,40). The summed E-state index contributed by atoms with van der Waals surface area (Å²) in [5, 5.41) is 8.01. The van der Waals surface area contributed by atoms with Gasteiger partial charge >= 0.3 is 0 Å². The van der Waals surface area contributed by atoms with Gasteiger partial charge in [-0.25, -0.2) is 15.0 Å². The number of fused-ring (bicyclic) bond motifs is 18. The predicted molar refractivity (Wildman–Crippen MR) is 160 cm³/mol. The summed E-state index contributed by atoms with van der Waals surface area (Å²) in [6.45, 7) is 0. The molecule has 4 aromatic carbocycles. The number of aliphatic imine (C=N–C) groups is 1. The molecule has 3 aliphatic rings. The normalized spacial score (nSPS) is 16.8. The van der Waals surface area contributed by atoms with E-state index in [0.717, 1.165) is 78.0 Å². The highest BCUT2D eigenvalue weighted by Gasteiger charge is 2.25. The summed E-state index contributed by atoms with van der Waals surface area (Å²) in [6, 6.07) is 33.4. The molecular formula is C34H22N6. The van der Waals surface area contributed by atoms with Crippen molar-refractivity contribution in [1.29, 1.82) is 0 Å². The van der Waals surface area contributed by atoms with Gasteiger partial charge in [0.15, 0.2) is 0 Å². The third-order valence-corrected chi connectivity index (χ3v) is 8.01. The Hall–Kier alpha value is -5.49. The van der Waals surface area contributed by atoms with Gasteiger partial charge in [-0.05, 0) is 17.7 Å². The number of H-pyrrole nitrogens is 2. The molecule has 40 heavy (non-hydrogen) atoms. The zero-order chi connectivity index (χ0) is 26.2. The second-order valence-corrected chi connectivity index (χ2v) is 10.3. The topological polar surface area (TPSA) is 80.7 Å². The molecule has 8 bridgehead atoms. The van der Waals surface area contributed by atoms with Crippen molar-refractivity contribution < 1.29 is 0 Å². The smallest absolute Gasteiger partial charge is 0.140 e. The number of nitrogens with zero attached hydrogens (tertiary/aromatic N) is 3. The molecule has 0 spiro atoms. The van der Waals surface area contributed by atoms with Crippen LogP contribution in [0.25, 0.3) is 32.9 Å². The molecule has 1 atom stereocenters. The largest absolute Gasteiger partial charge is 0.361 e. The number of allylic oxidation sites excluding steroid dienone is 1. The Kier molecular flexibility index (Phi) is 4.29. The lowest BCUT2D eigenvalue weighted by Crippen LogP contribution is -2.11. The number of aromatic nitrogens is 2. The molecule has 9 rings (SSSR count). The van der Waals surface area contributed by atoms with Gasteiger partial charge in [-0.1, -0.05) is 97.1 Å². The lowest BCUT2D eigenvalue weighted by molar-refractivity contribution is 0.995. The molecule has 1 unspecified atom stereocenters. The van der Waals surface area contributed by atoms with Gasteiger partial charge in [-0.15, -0.1) is 0 Å². The Morgan fingerprint density at radius 1 is 0.525 bits per heavy atom. The highest BCUT2D eigenvalue weighted by Crippen LogP contribution is 2.40. The molecule has 0 saturated heterocycles. The average Bonchev–Trinajstić information content (AvgIpc) is 3.73. The fraction of sp³-hybridized carbons (Fsp3) is 0.0294. The van der Waals surface area contributed by atoms with Crippen molar-refractivity contribution in [2.45, 2.75) is 6.04 Å². The maximum Gasteiger partial charge on any atom is 0.140 e. The summed E-state index contributed by atoms with van der Waals surface area (Å²) < 4.78 is 0. The van der Waals surface area contributed by atoms with Crippen LogP contribution < -0.4 is 16.3 Å². The van der Waals surface area contributed by atoms with Crippen LogP contribution >= 0.6 is 0 Å². The van der Waals surface area contributed by atoms with E-state index in [-0.39, 0.29) is 6.04 Å². The Bertz CT molecular complexity index is 2260. The van der Waals surface area contributed by atoms with Crippen molar-refractivity contribution in [3.05, 3.63) is 142 Å². The van der Waals surface area contributed by atoms with Crippen LogP contribution in [0.4, 0.5) is 11.6 Å². The van der Waals surface area contributed by atoms with Gasteiger partial charge in [-0.2, -0.15) is 0 Å². The molecule has 0 saturated carbocycles. The number of rotatable bonds is 0. The molecule has 2 aliphatic carbocycles. The van der Waals surface area contributed by atoms with Crippen molar-refractivity contribution in [1.82, 2.24) is 9.97 Å². The third kappa shape index (κ3) is 3.07. The minimum atomic E-state index is -0.0468. The highest BCUT2D eigenvalue weighted by molar-refractivity contribution is 6.21. The van der Waals surface area contributed by atoms with Gasteiger partial charge in [0.2, 0.25) is 0 Å². The lowest BCUT2D eigenvalue weighted by Gasteiger charge is -2.13. The quantitative estimate of drug-likeness (QED) is 0.210. The first-order valence-electron chi connectivity index (χ1n) is 13.4. The number of hydrogen-bond acceptors (Lipinski definition) is 4. The van der Waals surface area contributed by atoms with Crippen LogP contribution in [0.1, 0.15) is 28.3 Å². The monoisotopic (exact) mass is 514 g/mol. The Labute approximate surface area is 228 Å². The highest BCUT2D eigenvalue weighted by atomic mass is 15.1. The van der Waals surface area contributed by atoms with Crippen LogP contribution in [0, 0.1) is 0 Å². The van der Waals surface area contributed by atoms with E-state index >= 15 is 0 Å². The van der Waals surface area contributed by atoms with E-state index in [1.54, 1.807) is 0 Å². The van der Waals surface area contributed by atoms with Gasteiger partial charge in [-0.3, -0.25) is 0 Å². The summed E-state index contributed by atoms with van der Waals surface area (Å²) >= 11 is 0. The molecule has 1 aliphatic heterocycles. The Morgan fingerprint density at radius 2 is 1.15 bits per heavy atom. The second-order valence-electron chi connectivity index (χ2n) is 10.3. The van der Waals surface area contributed by atoms with Crippen LogP contribution in [-0.4, -0.2) is 15.7 Å². The zero-order valence-electron chi connectivity index (χ0n) is 21.3. The molecule has 0 radical (unpaired) electrons. The summed E-state index contributed by atoms with van der Waals surface area (Å²) in [5.41, 5.74) is 8.72. The van der Waals surface area contributed by atoms with Crippen LogP contribution in [0.5, 0.6) is 0 Å². The summed E-state index contributed by atoms with van der Waals surface area (Å²) in [5.74, 6) is 1.76. The van der Waals surface area contributed by atoms with Gasteiger partial charge in [0.05, 0.1) is 23.1 Å². The molecule has 188 valence electrons. The van der Waals surface area contributed by atoms with Crippen molar-refractivity contribution in [2.75, 3.05) is 5.32 Å². The van der Waals surface area contributed by atoms with E-state index in [1.807, 2.05) is 18.2 Å². The SMILES string of the molecule is C1=C2N=c3[nH]c(c4ccccc34)=NC3=CC(Nc4[nH]c(c5ccccc45)N=C1c1ccccc12)c1ccccc13. The van der Waals surface area contributed by atoms with Gasteiger partial charge in [0.25, 0.3) is 0 Å². The minimum absolute atomic E-state index is 0.0468. The van der Waals surface area contributed by atoms with Crippen LogP contribution in [0.3, 0.4) is 0 Å². The maximum absolute atomic E-state index is 5.19. The van der Waals surface area contributed by atoms with E-state index in [2.05, 4.69) is 106 Å². The maximum atomic E-state index is 5.19. The first kappa shape index (κ1) is 21.4. The van der Waals surface area contributed by atoms with Crippen LogP contribution in [0.15, 0.2) is 124 Å². The van der Waals surface area contributed by atoms with E-state index in [1.165, 1.54) is 5.56 Å². The Morgan fingerprint density at radius 3 is 1.95 bits per heavy atom. The van der Waals surface area contributed by atoms with Crippen LogP contribution in [-0.2, 0) is 0 Å². The molecular weight excluding hydrogens is 492 g/mol. The molecule has 6 heteroatoms. The molecule has 6 aromatic rings. The molecule has 0 fully saturated rings. The third-order valence-electron chi connectivity index (χ3n) is 8.01. The molecule has 6 nitrogen and oxygen atoms in total. The predicted octanol–water partition coefficient (Wildman–Crippen LogP) is 6.59. The number of hydrogen-bond donors (Lipinski definition) is 3. The first-order chi connectivity index (χ1) is 19.8. The molecule has 3 heterocycles. The number of aromatic amines is 2.